The summed E-state index contributed by atoms with van der Waals surface area (Å²) in [7, 11) is 4.44. The monoisotopic (exact) mass is 294 g/mol. The van der Waals surface area contributed by atoms with Crippen LogP contribution in [0.15, 0.2) is 12.1 Å². The highest BCUT2D eigenvalue weighted by atomic mass is 16.6. The van der Waals surface area contributed by atoms with Crippen molar-refractivity contribution in [1.29, 1.82) is 0 Å². The number of rotatable bonds is 5. The molecule has 0 atom stereocenters. The molecular weight excluding hydrogens is 271 g/mol. The normalized spacial score (nSPS) is 17.7. The van der Waals surface area contributed by atoms with E-state index in [2.05, 4.69) is 13.8 Å². The average Bonchev–Trinajstić information content (AvgIpc) is 2.47. The van der Waals surface area contributed by atoms with Crippen molar-refractivity contribution in [3.63, 3.8) is 0 Å². The fraction of sp³-hybridized carbons (Fsp3) is 0.600. The summed E-state index contributed by atoms with van der Waals surface area (Å²) < 4.78 is 27.8. The Morgan fingerprint density at radius 3 is 2.00 bits per heavy atom. The molecule has 0 unspecified atom stereocenters. The lowest BCUT2D eigenvalue weighted by Crippen LogP contribution is -2.48. The second-order valence-electron chi connectivity index (χ2n) is 5.97. The Kier molecular flexibility index (Phi) is 5.14. The summed E-state index contributed by atoms with van der Waals surface area (Å²) in [5.41, 5.74) is 1.79. The first kappa shape index (κ1) is 16.1. The maximum absolute atomic E-state index is 5.85. The van der Waals surface area contributed by atoms with Crippen LogP contribution in [-0.2, 0) is 20.7 Å². The highest BCUT2D eigenvalue weighted by Gasteiger charge is 2.37. The van der Waals surface area contributed by atoms with Crippen molar-refractivity contribution >= 4 is 12.6 Å². The van der Waals surface area contributed by atoms with Gasteiger partial charge < -0.3 is 23.5 Å². The van der Waals surface area contributed by atoms with Crippen molar-refractivity contribution in [2.24, 2.45) is 5.41 Å². The van der Waals surface area contributed by atoms with E-state index in [0.717, 1.165) is 11.0 Å². The van der Waals surface area contributed by atoms with E-state index in [-0.39, 0.29) is 5.41 Å². The molecule has 0 aromatic heterocycles. The molecule has 5 nitrogen and oxygen atoms in total. The molecule has 1 aromatic rings. The van der Waals surface area contributed by atoms with Crippen LogP contribution in [0.3, 0.4) is 0 Å². The van der Waals surface area contributed by atoms with Gasteiger partial charge in [0, 0.05) is 25.7 Å². The lowest BCUT2D eigenvalue weighted by Gasteiger charge is -2.33. The molecule has 2 rings (SSSR count). The average molecular weight is 294 g/mol. The quantitative estimate of drug-likeness (QED) is 0.772. The van der Waals surface area contributed by atoms with Gasteiger partial charge in [0.25, 0.3) is 0 Å². The maximum atomic E-state index is 5.85. The molecule has 1 fully saturated rings. The van der Waals surface area contributed by atoms with Crippen LogP contribution < -0.4 is 14.9 Å². The summed E-state index contributed by atoms with van der Waals surface area (Å²) in [6.07, 6.45) is 0. The van der Waals surface area contributed by atoms with E-state index >= 15 is 0 Å². The molecule has 116 valence electrons. The molecule has 0 aliphatic carbocycles. The van der Waals surface area contributed by atoms with Gasteiger partial charge in [0.15, 0.2) is 0 Å². The predicted octanol–water partition coefficient (Wildman–Crippen LogP) is 1.62. The zero-order chi connectivity index (χ0) is 15.5. The van der Waals surface area contributed by atoms with Gasteiger partial charge in [-0.3, -0.25) is 0 Å². The molecule has 0 saturated carbocycles. The van der Waals surface area contributed by atoms with Crippen LogP contribution >= 0.6 is 0 Å². The van der Waals surface area contributed by atoms with E-state index in [1.807, 2.05) is 12.1 Å². The van der Waals surface area contributed by atoms with Crippen molar-refractivity contribution in [1.82, 2.24) is 0 Å². The minimum Gasteiger partial charge on any atom is -0.497 e. The van der Waals surface area contributed by atoms with Gasteiger partial charge >= 0.3 is 7.12 Å². The Hall–Kier alpha value is -1.24. The maximum Gasteiger partial charge on any atom is 0.501 e. The molecular formula is C15H23BO5. The molecule has 1 aliphatic heterocycles. The third-order valence-electron chi connectivity index (χ3n) is 3.40. The van der Waals surface area contributed by atoms with E-state index in [9.17, 15) is 0 Å². The second-order valence-corrected chi connectivity index (χ2v) is 5.97. The minimum atomic E-state index is -0.473. The molecule has 1 aliphatic rings. The molecule has 6 heteroatoms. The van der Waals surface area contributed by atoms with Crippen LogP contribution in [0.25, 0.3) is 0 Å². The number of hydrogen-bond donors (Lipinski definition) is 0. The first-order valence-corrected chi connectivity index (χ1v) is 6.97. The third kappa shape index (κ3) is 3.70. The molecule has 0 bridgehead atoms. The summed E-state index contributed by atoms with van der Waals surface area (Å²) in [5, 5.41) is 0. The topological polar surface area (TPSA) is 46.2 Å². The fourth-order valence-corrected chi connectivity index (χ4v) is 2.33. The summed E-state index contributed by atoms with van der Waals surface area (Å²) >= 11 is 0. The molecule has 1 aromatic carbocycles. The Balaban J connectivity index is 2.33. The van der Waals surface area contributed by atoms with E-state index in [1.54, 1.807) is 21.3 Å². The first-order chi connectivity index (χ1) is 10.0. The van der Waals surface area contributed by atoms with Gasteiger partial charge in [0.05, 0.1) is 26.3 Å². The number of ether oxygens (including phenoxy) is 3. The highest BCUT2D eigenvalue weighted by Crippen LogP contribution is 2.27. The Morgan fingerprint density at radius 1 is 1.05 bits per heavy atom. The molecule has 1 saturated heterocycles. The molecule has 21 heavy (non-hydrogen) atoms. The standard InChI is InChI=1S/C15H23BO5/c1-15(2)9-20-16(21-10-15)14-12(18-4)6-11(8-17-3)7-13(14)19-5/h6-7H,8-10H2,1-5H3. The van der Waals surface area contributed by atoms with Crippen LogP contribution in [0.1, 0.15) is 19.4 Å². The Labute approximate surface area is 126 Å². The van der Waals surface area contributed by atoms with Crippen LogP contribution in [0.5, 0.6) is 11.5 Å². The zero-order valence-corrected chi connectivity index (χ0v) is 13.4. The van der Waals surface area contributed by atoms with Gasteiger partial charge in [0.2, 0.25) is 0 Å². The highest BCUT2D eigenvalue weighted by molar-refractivity contribution is 6.63. The number of hydrogen-bond acceptors (Lipinski definition) is 5. The van der Waals surface area contributed by atoms with Crippen LogP contribution in [0, 0.1) is 5.41 Å². The zero-order valence-electron chi connectivity index (χ0n) is 13.4. The van der Waals surface area contributed by atoms with E-state index < -0.39 is 7.12 Å². The Bertz CT molecular complexity index is 454. The van der Waals surface area contributed by atoms with E-state index in [4.69, 9.17) is 23.5 Å². The summed E-state index contributed by atoms with van der Waals surface area (Å²) in [6, 6.07) is 3.85. The summed E-state index contributed by atoms with van der Waals surface area (Å²) in [6.45, 7) is 5.97. The molecule has 0 N–H and O–H groups in total. The smallest absolute Gasteiger partial charge is 0.497 e. The van der Waals surface area contributed by atoms with Gasteiger partial charge in [-0.15, -0.1) is 0 Å². The van der Waals surface area contributed by atoms with Crippen molar-refractivity contribution in [3.05, 3.63) is 17.7 Å². The molecule has 0 spiro atoms. The predicted molar refractivity (Wildman–Crippen MR) is 81.3 cm³/mol. The van der Waals surface area contributed by atoms with Crippen molar-refractivity contribution in [2.45, 2.75) is 20.5 Å². The minimum absolute atomic E-state index is 0.0208. The van der Waals surface area contributed by atoms with Gasteiger partial charge in [-0.25, -0.2) is 0 Å². The van der Waals surface area contributed by atoms with Crippen LogP contribution in [-0.4, -0.2) is 41.7 Å². The van der Waals surface area contributed by atoms with Crippen molar-refractivity contribution in [3.8, 4) is 11.5 Å². The van der Waals surface area contributed by atoms with Crippen molar-refractivity contribution in [2.75, 3.05) is 34.5 Å². The number of methoxy groups -OCH3 is 3. The lowest BCUT2D eigenvalue weighted by atomic mass is 9.74. The SMILES string of the molecule is COCc1cc(OC)c(B2OCC(C)(C)CO2)c(OC)c1. The van der Waals surface area contributed by atoms with Gasteiger partial charge in [0.1, 0.15) is 11.5 Å². The Morgan fingerprint density at radius 2 is 1.57 bits per heavy atom. The van der Waals surface area contributed by atoms with E-state index in [1.165, 1.54) is 0 Å². The second kappa shape index (κ2) is 6.68. The summed E-state index contributed by atoms with van der Waals surface area (Å²) in [4.78, 5) is 0. The van der Waals surface area contributed by atoms with Crippen molar-refractivity contribution < 1.29 is 23.5 Å². The summed E-state index contributed by atoms with van der Waals surface area (Å²) in [5.74, 6) is 1.37. The first-order valence-electron chi connectivity index (χ1n) is 6.97. The molecule has 1 heterocycles. The van der Waals surface area contributed by atoms with Gasteiger partial charge in [-0.1, -0.05) is 13.8 Å². The molecule has 0 radical (unpaired) electrons. The molecule has 0 amide bonds. The van der Waals surface area contributed by atoms with Crippen LogP contribution in [0.2, 0.25) is 0 Å². The number of benzene rings is 1. The van der Waals surface area contributed by atoms with Crippen LogP contribution in [0.4, 0.5) is 0 Å². The largest absolute Gasteiger partial charge is 0.501 e. The van der Waals surface area contributed by atoms with E-state index in [0.29, 0.717) is 31.3 Å². The van der Waals surface area contributed by atoms with Gasteiger partial charge in [-0.05, 0) is 17.7 Å². The third-order valence-corrected chi connectivity index (χ3v) is 3.40. The lowest BCUT2D eigenvalue weighted by molar-refractivity contribution is 0.0339. The fourth-order valence-electron chi connectivity index (χ4n) is 2.33. The van der Waals surface area contributed by atoms with Gasteiger partial charge in [-0.2, -0.15) is 0 Å².